The van der Waals surface area contributed by atoms with E-state index in [-0.39, 0.29) is 10.8 Å². The first-order chi connectivity index (χ1) is 14.3. The fourth-order valence-corrected chi connectivity index (χ4v) is 3.94. The third-order valence-corrected chi connectivity index (χ3v) is 6.56. The molecule has 1 amide bonds. The van der Waals surface area contributed by atoms with Gasteiger partial charge in [-0.05, 0) is 86.1 Å². The first kappa shape index (κ1) is 20.5. The van der Waals surface area contributed by atoms with Crippen LogP contribution in [-0.2, 0) is 9.84 Å². The number of carbonyl (C=O) groups is 1. The lowest BCUT2D eigenvalue weighted by molar-refractivity contribution is 0.102. The molecule has 0 atom stereocenters. The Morgan fingerprint density at radius 1 is 1.00 bits per heavy atom. The third-order valence-electron chi connectivity index (χ3n) is 5.43. The molecule has 4 rings (SSSR count). The van der Waals surface area contributed by atoms with Crippen LogP contribution in [0.3, 0.4) is 0 Å². The predicted octanol–water partition coefficient (Wildman–Crippen LogP) is 4.64. The molecule has 0 bridgehead atoms. The van der Waals surface area contributed by atoms with Gasteiger partial charge in [0.1, 0.15) is 0 Å². The van der Waals surface area contributed by atoms with Crippen molar-refractivity contribution in [1.82, 2.24) is 0 Å². The van der Waals surface area contributed by atoms with Crippen LogP contribution in [0, 0.1) is 17.2 Å². The number of nitrogens with zero attached hydrogens (tertiary/aromatic N) is 1. The molecule has 0 aromatic heterocycles. The lowest BCUT2D eigenvalue weighted by Gasteiger charge is -2.08. The third kappa shape index (κ3) is 5.21. The Morgan fingerprint density at radius 3 is 2.13 bits per heavy atom. The van der Waals surface area contributed by atoms with Crippen LogP contribution in [0.15, 0.2) is 58.4 Å². The molecule has 2 saturated carbocycles. The van der Waals surface area contributed by atoms with E-state index >= 15 is 0 Å². The minimum Gasteiger partial charge on any atom is -0.322 e. The molecule has 0 unspecified atom stereocenters. The standard InChI is InChI=1S/C23H25N3O3S/c1-30(28,29)20-12-6-17(7-13-20)23(27)26-19-10-8-18(9-11-19)25-22(16-4-5-16)14-21(24)15-2-3-15/h6-13,15-16,24H,2-5,14H2,1H3,(H,26,27). The second-order valence-corrected chi connectivity index (χ2v) is 10.2. The van der Waals surface area contributed by atoms with Crippen molar-refractivity contribution in [3.8, 4) is 0 Å². The number of amides is 1. The van der Waals surface area contributed by atoms with Crippen molar-refractivity contribution in [3.05, 3.63) is 54.1 Å². The molecule has 0 saturated heterocycles. The lowest BCUT2D eigenvalue weighted by Crippen LogP contribution is -2.12. The van der Waals surface area contributed by atoms with Gasteiger partial charge in [-0.3, -0.25) is 9.79 Å². The van der Waals surface area contributed by atoms with E-state index < -0.39 is 9.84 Å². The number of anilines is 1. The highest BCUT2D eigenvalue weighted by atomic mass is 32.2. The highest BCUT2D eigenvalue weighted by Gasteiger charge is 2.32. The van der Waals surface area contributed by atoms with E-state index in [1.54, 1.807) is 12.1 Å². The monoisotopic (exact) mass is 423 g/mol. The molecular weight excluding hydrogens is 398 g/mol. The van der Waals surface area contributed by atoms with Gasteiger partial charge in [0.05, 0.1) is 10.6 Å². The molecule has 0 radical (unpaired) electrons. The molecule has 2 aliphatic carbocycles. The average molecular weight is 424 g/mol. The van der Waals surface area contributed by atoms with Gasteiger partial charge >= 0.3 is 0 Å². The van der Waals surface area contributed by atoms with Gasteiger partial charge in [-0.1, -0.05) is 0 Å². The van der Waals surface area contributed by atoms with Gasteiger partial charge in [0.2, 0.25) is 0 Å². The van der Waals surface area contributed by atoms with Crippen LogP contribution in [0.2, 0.25) is 0 Å². The summed E-state index contributed by atoms with van der Waals surface area (Å²) in [5.41, 5.74) is 3.78. The fraction of sp³-hybridized carbons (Fsp3) is 0.348. The summed E-state index contributed by atoms with van der Waals surface area (Å²) < 4.78 is 23.1. The minimum atomic E-state index is -3.29. The highest BCUT2D eigenvalue weighted by Crippen LogP contribution is 2.37. The number of benzene rings is 2. The molecule has 2 fully saturated rings. The fourth-order valence-electron chi connectivity index (χ4n) is 3.30. The molecule has 2 N–H and O–H groups in total. The molecule has 2 aromatic carbocycles. The maximum Gasteiger partial charge on any atom is 0.255 e. The van der Waals surface area contributed by atoms with E-state index in [1.807, 2.05) is 12.1 Å². The van der Waals surface area contributed by atoms with Crippen LogP contribution < -0.4 is 5.32 Å². The number of carbonyl (C=O) groups excluding carboxylic acids is 1. The topological polar surface area (TPSA) is 99.4 Å². The van der Waals surface area contributed by atoms with Crippen molar-refractivity contribution in [2.24, 2.45) is 16.8 Å². The second kappa shape index (κ2) is 8.14. The van der Waals surface area contributed by atoms with Gasteiger partial charge in [0.25, 0.3) is 5.91 Å². The Bertz CT molecular complexity index is 1100. The van der Waals surface area contributed by atoms with Crippen LogP contribution in [0.1, 0.15) is 42.5 Å². The Balaban J connectivity index is 1.41. The maximum absolute atomic E-state index is 12.4. The van der Waals surface area contributed by atoms with Crippen molar-refractivity contribution in [3.63, 3.8) is 0 Å². The van der Waals surface area contributed by atoms with Crippen LogP contribution in [0.4, 0.5) is 11.4 Å². The summed E-state index contributed by atoms with van der Waals surface area (Å²) in [6.45, 7) is 0. The van der Waals surface area contributed by atoms with Gasteiger partial charge in [0.15, 0.2) is 9.84 Å². The summed E-state index contributed by atoms with van der Waals surface area (Å²) in [7, 11) is -3.29. The largest absolute Gasteiger partial charge is 0.322 e. The Labute approximate surface area is 176 Å². The molecule has 7 heteroatoms. The van der Waals surface area contributed by atoms with Gasteiger partial charge in [0, 0.05) is 35.4 Å². The van der Waals surface area contributed by atoms with Crippen LogP contribution >= 0.6 is 0 Å². The maximum atomic E-state index is 12.4. The number of aliphatic imine (C=N–C) groups is 1. The van der Waals surface area contributed by atoms with E-state index in [2.05, 4.69) is 5.32 Å². The number of sulfone groups is 1. The zero-order valence-electron chi connectivity index (χ0n) is 16.9. The summed E-state index contributed by atoms with van der Waals surface area (Å²) >= 11 is 0. The SMILES string of the molecule is CS(=O)(=O)c1ccc(C(=O)Nc2ccc(N=C(CC(=N)C3CC3)C3CC3)cc2)cc1. The van der Waals surface area contributed by atoms with E-state index in [1.165, 1.54) is 24.3 Å². The predicted molar refractivity (Wildman–Crippen MR) is 119 cm³/mol. The summed E-state index contributed by atoms with van der Waals surface area (Å²) in [5.74, 6) is 0.680. The number of hydrogen-bond acceptors (Lipinski definition) is 5. The minimum absolute atomic E-state index is 0.183. The van der Waals surface area contributed by atoms with Crippen molar-refractivity contribution >= 4 is 38.5 Å². The summed E-state index contributed by atoms with van der Waals surface area (Å²) in [6.07, 6.45) is 6.41. The van der Waals surface area contributed by atoms with Crippen molar-refractivity contribution < 1.29 is 13.2 Å². The highest BCUT2D eigenvalue weighted by molar-refractivity contribution is 7.90. The molecular formula is C23H25N3O3S. The molecule has 6 nitrogen and oxygen atoms in total. The number of rotatable bonds is 8. The normalized spacial score (nSPS) is 16.9. The van der Waals surface area contributed by atoms with Crippen LogP contribution in [-0.4, -0.2) is 32.0 Å². The smallest absolute Gasteiger partial charge is 0.255 e. The zero-order chi connectivity index (χ0) is 21.3. The van der Waals surface area contributed by atoms with E-state index in [0.717, 1.165) is 49.0 Å². The van der Waals surface area contributed by atoms with Gasteiger partial charge < -0.3 is 10.7 Å². The van der Waals surface area contributed by atoms with Crippen LogP contribution in [0.25, 0.3) is 0 Å². The average Bonchev–Trinajstić information content (AvgIpc) is 3.61. The molecule has 30 heavy (non-hydrogen) atoms. The summed E-state index contributed by atoms with van der Waals surface area (Å²) in [5, 5.41) is 11.0. The Morgan fingerprint density at radius 2 is 1.60 bits per heavy atom. The Hall–Kier alpha value is -2.80. The van der Waals surface area contributed by atoms with Crippen molar-refractivity contribution in [1.29, 1.82) is 5.41 Å². The number of hydrogen-bond donors (Lipinski definition) is 2. The molecule has 0 aliphatic heterocycles. The Kier molecular flexibility index (Phi) is 5.56. The summed E-state index contributed by atoms with van der Waals surface area (Å²) in [6, 6.07) is 13.2. The van der Waals surface area contributed by atoms with Gasteiger partial charge in [-0.2, -0.15) is 0 Å². The van der Waals surface area contributed by atoms with E-state index in [4.69, 9.17) is 10.4 Å². The first-order valence-electron chi connectivity index (χ1n) is 10.2. The van der Waals surface area contributed by atoms with Gasteiger partial charge in [-0.15, -0.1) is 0 Å². The van der Waals surface area contributed by atoms with Gasteiger partial charge in [-0.25, -0.2) is 8.42 Å². The van der Waals surface area contributed by atoms with Crippen molar-refractivity contribution in [2.45, 2.75) is 37.0 Å². The number of nitrogens with one attached hydrogen (secondary N) is 2. The molecule has 2 aromatic rings. The van der Waals surface area contributed by atoms with E-state index in [9.17, 15) is 13.2 Å². The van der Waals surface area contributed by atoms with Crippen molar-refractivity contribution in [2.75, 3.05) is 11.6 Å². The second-order valence-electron chi connectivity index (χ2n) is 8.15. The zero-order valence-corrected chi connectivity index (χ0v) is 17.7. The summed E-state index contributed by atoms with van der Waals surface area (Å²) in [4.78, 5) is 17.4. The molecule has 0 spiro atoms. The molecule has 0 heterocycles. The van der Waals surface area contributed by atoms with Crippen LogP contribution in [0.5, 0.6) is 0 Å². The lowest BCUT2D eigenvalue weighted by atomic mass is 10.1. The molecule has 156 valence electrons. The van der Waals surface area contributed by atoms with E-state index in [0.29, 0.717) is 29.5 Å². The molecule has 2 aliphatic rings. The first-order valence-corrected chi connectivity index (χ1v) is 12.0. The quantitative estimate of drug-likeness (QED) is 0.605.